The molecule has 2 heterocycles. The minimum Gasteiger partial charge on any atom is -0.372 e. The van der Waals surface area contributed by atoms with Gasteiger partial charge in [0.15, 0.2) is 0 Å². The van der Waals surface area contributed by atoms with Crippen LogP contribution >= 0.6 is 15.9 Å². The van der Waals surface area contributed by atoms with Crippen LogP contribution in [-0.4, -0.2) is 29.5 Å². The molecule has 0 aliphatic carbocycles. The lowest BCUT2D eigenvalue weighted by atomic mass is 10.2. The maximum atomic E-state index is 12.1. The second-order valence-electron chi connectivity index (χ2n) is 4.17. The average molecular weight is 335 g/mol. The molecule has 0 radical (unpaired) electrons. The van der Waals surface area contributed by atoms with Crippen LogP contribution in [0.5, 0.6) is 0 Å². The second kappa shape index (κ2) is 7.00. The summed E-state index contributed by atoms with van der Waals surface area (Å²) < 4.78 is 0.772. The molecule has 0 fully saturated rings. The molecular formula is C14H15BrN4O. The van der Waals surface area contributed by atoms with E-state index in [0.29, 0.717) is 17.9 Å². The normalized spacial score (nSPS) is 10.1. The van der Waals surface area contributed by atoms with Crippen molar-refractivity contribution in [3.8, 4) is 0 Å². The minimum atomic E-state index is -0.146. The highest BCUT2D eigenvalue weighted by Crippen LogP contribution is 2.17. The molecule has 1 amide bonds. The first kappa shape index (κ1) is 14.5. The number of halogens is 1. The number of hydrogen-bond donors (Lipinski definition) is 2. The lowest BCUT2D eigenvalue weighted by Gasteiger charge is -2.09. The first-order valence-corrected chi connectivity index (χ1v) is 7.00. The molecule has 0 aromatic carbocycles. The van der Waals surface area contributed by atoms with Gasteiger partial charge in [0.1, 0.15) is 5.82 Å². The van der Waals surface area contributed by atoms with E-state index in [4.69, 9.17) is 0 Å². The monoisotopic (exact) mass is 334 g/mol. The van der Waals surface area contributed by atoms with Crippen LogP contribution in [-0.2, 0) is 6.42 Å². The molecule has 0 spiro atoms. The summed E-state index contributed by atoms with van der Waals surface area (Å²) in [6, 6.07) is 5.62. The maximum Gasteiger partial charge on any atom is 0.255 e. The van der Waals surface area contributed by atoms with Crippen LogP contribution in [0.1, 0.15) is 15.9 Å². The predicted octanol–water partition coefficient (Wildman–Crippen LogP) is 2.25. The predicted molar refractivity (Wildman–Crippen MR) is 81.8 cm³/mol. The summed E-state index contributed by atoms with van der Waals surface area (Å²) in [5, 5.41) is 5.79. The fourth-order valence-corrected chi connectivity index (χ4v) is 2.10. The summed E-state index contributed by atoms with van der Waals surface area (Å²) in [7, 11) is 1.74. The van der Waals surface area contributed by atoms with Gasteiger partial charge in [-0.05, 0) is 40.0 Å². The molecule has 2 aromatic heterocycles. The number of carbonyl (C=O) groups is 1. The molecule has 5 nitrogen and oxygen atoms in total. The molecule has 2 aromatic rings. The van der Waals surface area contributed by atoms with Gasteiger partial charge in [-0.25, -0.2) is 4.98 Å². The zero-order chi connectivity index (χ0) is 14.4. The molecule has 6 heteroatoms. The Kier molecular flexibility index (Phi) is 5.06. The highest BCUT2D eigenvalue weighted by atomic mass is 79.9. The smallest absolute Gasteiger partial charge is 0.255 e. The van der Waals surface area contributed by atoms with Crippen LogP contribution < -0.4 is 10.6 Å². The molecule has 20 heavy (non-hydrogen) atoms. The van der Waals surface area contributed by atoms with Crippen LogP contribution in [0.15, 0.2) is 41.3 Å². The van der Waals surface area contributed by atoms with Gasteiger partial charge < -0.3 is 10.6 Å². The van der Waals surface area contributed by atoms with E-state index < -0.39 is 0 Å². The SMILES string of the molecule is CNc1ncc(Br)cc1C(=O)NCCc1cccnc1. The Hall–Kier alpha value is -1.95. The Morgan fingerprint density at radius 1 is 1.40 bits per heavy atom. The number of nitrogens with zero attached hydrogens (tertiary/aromatic N) is 2. The van der Waals surface area contributed by atoms with Gasteiger partial charge >= 0.3 is 0 Å². The molecule has 0 aliphatic heterocycles. The Morgan fingerprint density at radius 3 is 2.95 bits per heavy atom. The molecule has 0 saturated carbocycles. The van der Waals surface area contributed by atoms with Crippen molar-refractivity contribution in [3.63, 3.8) is 0 Å². The van der Waals surface area contributed by atoms with Crippen molar-refractivity contribution in [2.75, 3.05) is 18.9 Å². The van der Waals surface area contributed by atoms with Gasteiger partial charge in [-0.1, -0.05) is 6.07 Å². The van der Waals surface area contributed by atoms with Crippen molar-refractivity contribution < 1.29 is 4.79 Å². The molecule has 2 rings (SSSR count). The fraction of sp³-hybridized carbons (Fsp3) is 0.214. The Labute approximate surface area is 126 Å². The number of nitrogens with one attached hydrogen (secondary N) is 2. The van der Waals surface area contributed by atoms with E-state index in [1.165, 1.54) is 0 Å². The first-order chi connectivity index (χ1) is 9.70. The standard InChI is InChI=1S/C14H15BrN4O/c1-16-13-12(7-11(15)9-19-13)14(20)18-6-4-10-3-2-5-17-8-10/h2-3,5,7-9H,4,6H2,1H3,(H,16,19)(H,18,20). The Bertz CT molecular complexity index is 589. The van der Waals surface area contributed by atoms with E-state index in [-0.39, 0.29) is 5.91 Å². The number of anilines is 1. The molecule has 2 N–H and O–H groups in total. The summed E-state index contributed by atoms with van der Waals surface area (Å²) in [5.74, 6) is 0.416. The van der Waals surface area contributed by atoms with E-state index in [1.807, 2.05) is 12.1 Å². The third-order valence-electron chi connectivity index (χ3n) is 2.76. The van der Waals surface area contributed by atoms with E-state index in [1.54, 1.807) is 31.7 Å². The van der Waals surface area contributed by atoms with Crippen molar-refractivity contribution in [2.24, 2.45) is 0 Å². The van der Waals surface area contributed by atoms with E-state index in [2.05, 4.69) is 36.5 Å². The van der Waals surface area contributed by atoms with Crippen molar-refractivity contribution in [1.82, 2.24) is 15.3 Å². The molecular weight excluding hydrogens is 320 g/mol. The number of pyridine rings is 2. The lowest BCUT2D eigenvalue weighted by Crippen LogP contribution is -2.26. The second-order valence-corrected chi connectivity index (χ2v) is 5.08. The van der Waals surface area contributed by atoms with Crippen LogP contribution in [0.3, 0.4) is 0 Å². The van der Waals surface area contributed by atoms with Gasteiger partial charge in [-0.15, -0.1) is 0 Å². The molecule has 104 valence electrons. The highest BCUT2D eigenvalue weighted by molar-refractivity contribution is 9.10. The fourth-order valence-electron chi connectivity index (χ4n) is 1.77. The van der Waals surface area contributed by atoms with Crippen LogP contribution in [0.25, 0.3) is 0 Å². The Morgan fingerprint density at radius 2 is 2.25 bits per heavy atom. The van der Waals surface area contributed by atoms with Gasteiger partial charge in [0.25, 0.3) is 5.91 Å². The molecule has 0 atom stereocenters. The van der Waals surface area contributed by atoms with E-state index >= 15 is 0 Å². The quantitative estimate of drug-likeness (QED) is 0.880. The summed E-state index contributed by atoms with van der Waals surface area (Å²) in [4.78, 5) is 20.3. The van der Waals surface area contributed by atoms with Crippen LogP contribution in [0.4, 0.5) is 5.82 Å². The van der Waals surface area contributed by atoms with Gasteiger partial charge in [-0.3, -0.25) is 9.78 Å². The van der Waals surface area contributed by atoms with E-state index in [0.717, 1.165) is 16.5 Å². The third kappa shape index (κ3) is 3.77. The lowest BCUT2D eigenvalue weighted by molar-refractivity contribution is 0.0954. The zero-order valence-electron chi connectivity index (χ0n) is 11.1. The number of aromatic nitrogens is 2. The largest absolute Gasteiger partial charge is 0.372 e. The van der Waals surface area contributed by atoms with Gasteiger partial charge in [-0.2, -0.15) is 0 Å². The average Bonchev–Trinajstić information content (AvgIpc) is 2.48. The molecule has 0 saturated heterocycles. The number of rotatable bonds is 5. The number of amides is 1. The number of carbonyl (C=O) groups excluding carboxylic acids is 1. The van der Waals surface area contributed by atoms with Crippen LogP contribution in [0.2, 0.25) is 0 Å². The van der Waals surface area contributed by atoms with Gasteiger partial charge in [0.2, 0.25) is 0 Å². The molecule has 0 aliphatic rings. The highest BCUT2D eigenvalue weighted by Gasteiger charge is 2.12. The van der Waals surface area contributed by atoms with Gasteiger partial charge in [0.05, 0.1) is 5.56 Å². The van der Waals surface area contributed by atoms with Crippen molar-refractivity contribution in [2.45, 2.75) is 6.42 Å². The summed E-state index contributed by atoms with van der Waals surface area (Å²) in [6.07, 6.45) is 5.93. The number of hydrogen-bond acceptors (Lipinski definition) is 4. The van der Waals surface area contributed by atoms with Crippen LogP contribution in [0, 0.1) is 0 Å². The minimum absolute atomic E-state index is 0.146. The topological polar surface area (TPSA) is 66.9 Å². The summed E-state index contributed by atoms with van der Waals surface area (Å²) in [5.41, 5.74) is 1.61. The van der Waals surface area contributed by atoms with Crippen molar-refractivity contribution in [1.29, 1.82) is 0 Å². The molecule has 0 bridgehead atoms. The van der Waals surface area contributed by atoms with E-state index in [9.17, 15) is 4.79 Å². The van der Waals surface area contributed by atoms with Crippen molar-refractivity contribution in [3.05, 3.63) is 52.4 Å². The summed E-state index contributed by atoms with van der Waals surface area (Å²) >= 11 is 3.32. The molecule has 0 unspecified atom stereocenters. The maximum absolute atomic E-state index is 12.1. The third-order valence-corrected chi connectivity index (χ3v) is 3.19. The van der Waals surface area contributed by atoms with Gasteiger partial charge in [0, 0.05) is 36.7 Å². The first-order valence-electron chi connectivity index (χ1n) is 6.21. The zero-order valence-corrected chi connectivity index (χ0v) is 12.6. The van der Waals surface area contributed by atoms with Crippen molar-refractivity contribution >= 4 is 27.7 Å². The Balaban J connectivity index is 1.97. The summed E-state index contributed by atoms with van der Waals surface area (Å²) in [6.45, 7) is 0.556.